The smallest absolute Gasteiger partial charge is 0.163 e. The van der Waals surface area contributed by atoms with Gasteiger partial charge in [-0.2, -0.15) is 5.26 Å². The lowest BCUT2D eigenvalue weighted by Gasteiger charge is -2.20. The highest BCUT2D eigenvalue weighted by atomic mass is 16.5. The Kier molecular flexibility index (Phi) is 4.38. The average molecular weight is 320 g/mol. The molecule has 0 aliphatic heterocycles. The summed E-state index contributed by atoms with van der Waals surface area (Å²) in [5, 5.41) is 20.1. The number of aryl methyl sites for hydroxylation is 1. The van der Waals surface area contributed by atoms with Crippen LogP contribution < -0.4 is 10.1 Å². The zero-order valence-electron chi connectivity index (χ0n) is 13.3. The molecule has 0 aliphatic rings. The molecular formula is C17H16N6O. The molecule has 7 nitrogen and oxygen atoms in total. The highest BCUT2D eigenvalue weighted by Crippen LogP contribution is 2.27. The van der Waals surface area contributed by atoms with Gasteiger partial charge in [-0.05, 0) is 29.8 Å². The maximum absolute atomic E-state index is 8.83. The standard InChI is InChI=1S/C17H16N6O/c1-23-9-8-19-17(23)16(12-4-3-5-14(10-12)24-2)20-15-7-6-13(11-18)21-22-15/h3-10,16H,1-2H3,(H,20,22). The van der Waals surface area contributed by atoms with Crippen molar-refractivity contribution in [3.8, 4) is 11.8 Å². The van der Waals surface area contributed by atoms with E-state index in [9.17, 15) is 0 Å². The van der Waals surface area contributed by atoms with Crippen LogP contribution in [0, 0.1) is 11.3 Å². The monoisotopic (exact) mass is 320 g/mol. The summed E-state index contributed by atoms with van der Waals surface area (Å²) >= 11 is 0. The largest absolute Gasteiger partial charge is 0.497 e. The van der Waals surface area contributed by atoms with Gasteiger partial charge >= 0.3 is 0 Å². The van der Waals surface area contributed by atoms with Gasteiger partial charge in [0.2, 0.25) is 0 Å². The molecule has 0 bridgehead atoms. The van der Waals surface area contributed by atoms with Gasteiger partial charge in [-0.3, -0.25) is 0 Å². The number of imidazole rings is 1. The highest BCUT2D eigenvalue weighted by Gasteiger charge is 2.19. The second-order valence-electron chi connectivity index (χ2n) is 5.17. The lowest BCUT2D eigenvalue weighted by molar-refractivity contribution is 0.414. The lowest BCUT2D eigenvalue weighted by atomic mass is 10.1. The van der Waals surface area contributed by atoms with Crippen molar-refractivity contribution in [1.82, 2.24) is 19.7 Å². The van der Waals surface area contributed by atoms with E-state index in [1.807, 2.05) is 48.1 Å². The maximum atomic E-state index is 8.83. The Balaban J connectivity index is 1.98. The van der Waals surface area contributed by atoms with Crippen LogP contribution in [0.1, 0.15) is 23.1 Å². The summed E-state index contributed by atoms with van der Waals surface area (Å²) in [5.41, 5.74) is 1.25. The maximum Gasteiger partial charge on any atom is 0.163 e. The molecule has 1 aromatic carbocycles. The second kappa shape index (κ2) is 6.79. The van der Waals surface area contributed by atoms with Crippen molar-refractivity contribution in [3.05, 3.63) is 65.9 Å². The molecule has 0 saturated carbocycles. The molecule has 120 valence electrons. The van der Waals surface area contributed by atoms with Crippen molar-refractivity contribution >= 4 is 5.82 Å². The second-order valence-corrected chi connectivity index (χ2v) is 5.17. The number of benzene rings is 1. The van der Waals surface area contributed by atoms with Crippen molar-refractivity contribution in [2.45, 2.75) is 6.04 Å². The third kappa shape index (κ3) is 3.17. The number of anilines is 1. The van der Waals surface area contributed by atoms with Gasteiger partial charge < -0.3 is 14.6 Å². The lowest BCUT2D eigenvalue weighted by Crippen LogP contribution is -2.17. The molecule has 0 saturated heterocycles. The van der Waals surface area contributed by atoms with Crippen LogP contribution in [0.25, 0.3) is 0 Å². The van der Waals surface area contributed by atoms with E-state index in [1.165, 1.54) is 0 Å². The number of aromatic nitrogens is 4. The number of nitrogens with one attached hydrogen (secondary N) is 1. The van der Waals surface area contributed by atoms with E-state index in [0.717, 1.165) is 17.1 Å². The molecule has 0 spiro atoms. The minimum absolute atomic E-state index is 0.234. The molecule has 3 aromatic rings. The first-order chi connectivity index (χ1) is 11.7. The molecule has 1 unspecified atom stereocenters. The minimum Gasteiger partial charge on any atom is -0.497 e. The Labute approximate surface area is 139 Å². The minimum atomic E-state index is -0.234. The van der Waals surface area contributed by atoms with E-state index >= 15 is 0 Å². The Morgan fingerprint density at radius 1 is 1.25 bits per heavy atom. The van der Waals surface area contributed by atoms with Gasteiger partial charge in [0.15, 0.2) is 5.69 Å². The van der Waals surface area contributed by atoms with Crippen molar-refractivity contribution < 1.29 is 4.74 Å². The van der Waals surface area contributed by atoms with Crippen molar-refractivity contribution in [3.63, 3.8) is 0 Å². The number of rotatable bonds is 5. The van der Waals surface area contributed by atoms with Crippen LogP contribution in [0.15, 0.2) is 48.8 Å². The summed E-state index contributed by atoms with van der Waals surface area (Å²) in [6, 6.07) is 12.8. The van der Waals surface area contributed by atoms with Gasteiger partial charge in [0, 0.05) is 19.4 Å². The number of hydrogen-bond donors (Lipinski definition) is 1. The highest BCUT2D eigenvalue weighted by molar-refractivity contribution is 5.43. The normalized spacial score (nSPS) is 11.5. The van der Waals surface area contributed by atoms with Crippen LogP contribution in [0.5, 0.6) is 5.75 Å². The number of hydrogen-bond acceptors (Lipinski definition) is 6. The molecule has 0 aliphatic carbocycles. The van der Waals surface area contributed by atoms with E-state index in [0.29, 0.717) is 5.82 Å². The average Bonchev–Trinajstić information content (AvgIpc) is 3.06. The predicted octanol–water partition coefficient (Wildman–Crippen LogP) is 2.29. The van der Waals surface area contributed by atoms with E-state index < -0.39 is 0 Å². The molecule has 1 N–H and O–H groups in total. The van der Waals surface area contributed by atoms with Gasteiger partial charge in [-0.15, -0.1) is 10.2 Å². The van der Waals surface area contributed by atoms with E-state index in [1.54, 1.807) is 25.4 Å². The summed E-state index contributed by atoms with van der Waals surface area (Å²) < 4.78 is 7.25. The molecule has 0 fully saturated rings. The van der Waals surface area contributed by atoms with Crippen molar-refractivity contribution in [1.29, 1.82) is 5.26 Å². The Morgan fingerprint density at radius 2 is 2.12 bits per heavy atom. The molecule has 3 rings (SSSR count). The first-order valence-corrected chi connectivity index (χ1v) is 7.33. The molecule has 24 heavy (non-hydrogen) atoms. The molecular weight excluding hydrogens is 304 g/mol. The molecule has 7 heteroatoms. The third-order valence-electron chi connectivity index (χ3n) is 3.62. The number of ether oxygens (including phenoxy) is 1. The van der Waals surface area contributed by atoms with E-state index in [2.05, 4.69) is 20.5 Å². The fraction of sp³-hybridized carbons (Fsp3) is 0.176. The summed E-state index contributed by atoms with van der Waals surface area (Å²) in [7, 11) is 3.57. The third-order valence-corrected chi connectivity index (χ3v) is 3.62. The Bertz CT molecular complexity index is 865. The van der Waals surface area contributed by atoms with Crippen LogP contribution >= 0.6 is 0 Å². The SMILES string of the molecule is COc1cccc(C(Nc2ccc(C#N)nn2)c2nccn2C)c1. The first-order valence-electron chi connectivity index (χ1n) is 7.33. The van der Waals surface area contributed by atoms with Crippen LogP contribution in [-0.2, 0) is 7.05 Å². The van der Waals surface area contributed by atoms with Crippen molar-refractivity contribution in [2.24, 2.45) is 7.05 Å². The summed E-state index contributed by atoms with van der Waals surface area (Å²) in [4.78, 5) is 4.44. The summed E-state index contributed by atoms with van der Waals surface area (Å²) in [6.45, 7) is 0. The molecule has 0 radical (unpaired) electrons. The zero-order valence-corrected chi connectivity index (χ0v) is 13.3. The van der Waals surface area contributed by atoms with Crippen LogP contribution in [-0.4, -0.2) is 26.9 Å². The van der Waals surface area contributed by atoms with Crippen LogP contribution in [0.4, 0.5) is 5.82 Å². The number of nitrogens with zero attached hydrogens (tertiary/aromatic N) is 5. The van der Waals surface area contributed by atoms with Crippen LogP contribution in [0.3, 0.4) is 0 Å². The van der Waals surface area contributed by atoms with Crippen LogP contribution in [0.2, 0.25) is 0 Å². The fourth-order valence-corrected chi connectivity index (χ4v) is 2.39. The molecule has 2 aromatic heterocycles. The zero-order chi connectivity index (χ0) is 16.9. The van der Waals surface area contributed by atoms with Gasteiger partial charge in [-0.1, -0.05) is 12.1 Å². The quantitative estimate of drug-likeness (QED) is 0.776. The van der Waals surface area contributed by atoms with Gasteiger partial charge in [-0.25, -0.2) is 4.98 Å². The topological polar surface area (TPSA) is 88.7 Å². The van der Waals surface area contributed by atoms with Crippen molar-refractivity contribution in [2.75, 3.05) is 12.4 Å². The molecule has 0 amide bonds. The fourth-order valence-electron chi connectivity index (χ4n) is 2.39. The number of methoxy groups -OCH3 is 1. The Hall–Kier alpha value is -3.40. The van der Waals surface area contributed by atoms with E-state index in [4.69, 9.17) is 10.00 Å². The summed E-state index contributed by atoms with van der Waals surface area (Å²) in [6.07, 6.45) is 3.63. The first kappa shape index (κ1) is 15.5. The predicted molar refractivity (Wildman–Crippen MR) is 88.4 cm³/mol. The van der Waals surface area contributed by atoms with E-state index in [-0.39, 0.29) is 11.7 Å². The number of nitriles is 1. The van der Waals surface area contributed by atoms with Gasteiger partial charge in [0.05, 0.1) is 7.11 Å². The molecule has 2 heterocycles. The molecule has 1 atom stereocenters. The van der Waals surface area contributed by atoms with Gasteiger partial charge in [0.1, 0.15) is 29.5 Å². The summed E-state index contributed by atoms with van der Waals surface area (Å²) in [5.74, 6) is 2.15. The Morgan fingerprint density at radius 3 is 2.75 bits per heavy atom. The van der Waals surface area contributed by atoms with Gasteiger partial charge in [0.25, 0.3) is 0 Å².